The number of benzene rings is 2. The van der Waals surface area contributed by atoms with Gasteiger partial charge in [0.2, 0.25) is 5.78 Å². The summed E-state index contributed by atoms with van der Waals surface area (Å²) in [5, 5.41) is 9.69. The first-order valence-electron chi connectivity index (χ1n) is 11.2. The molecule has 0 aromatic heterocycles. The minimum Gasteiger partial charge on any atom is -0.456 e. The summed E-state index contributed by atoms with van der Waals surface area (Å²) in [6.07, 6.45) is -3.26. The number of ketones is 1. The molecule has 0 bridgehead atoms. The number of carbonyl (C=O) groups excluding carboxylic acids is 2. The molecule has 1 amide bonds. The molecule has 1 heterocycles. The van der Waals surface area contributed by atoms with Crippen LogP contribution >= 0.6 is 23.2 Å². The molecule has 2 aromatic carbocycles. The lowest BCUT2D eigenvalue weighted by molar-refractivity contribution is -0.152. The van der Waals surface area contributed by atoms with Crippen LogP contribution in [0.2, 0.25) is 10.0 Å². The zero-order chi connectivity index (χ0) is 26.7. The van der Waals surface area contributed by atoms with Gasteiger partial charge in [0.25, 0.3) is 5.91 Å². The second-order valence-corrected chi connectivity index (χ2v) is 9.30. The van der Waals surface area contributed by atoms with Gasteiger partial charge < -0.3 is 14.4 Å². The van der Waals surface area contributed by atoms with E-state index >= 15 is 0 Å². The number of carbonyl (C=O) groups is 2. The van der Waals surface area contributed by atoms with E-state index in [1.165, 1.54) is 30.0 Å². The number of rotatable bonds is 7. The van der Waals surface area contributed by atoms with Crippen LogP contribution in [0.25, 0.3) is 0 Å². The van der Waals surface area contributed by atoms with E-state index in [1.54, 1.807) is 6.07 Å². The number of halogens is 5. The van der Waals surface area contributed by atoms with Crippen molar-refractivity contribution in [3.63, 3.8) is 0 Å². The van der Waals surface area contributed by atoms with Gasteiger partial charge in [0.1, 0.15) is 23.3 Å². The molecular formula is C25H23Cl2F3N2O4. The van der Waals surface area contributed by atoms with E-state index in [0.717, 1.165) is 31.0 Å². The van der Waals surface area contributed by atoms with Crippen LogP contribution in [-0.2, 0) is 15.8 Å². The lowest BCUT2D eigenvalue weighted by Crippen LogP contribution is -2.58. The molecular weight excluding hydrogens is 520 g/mol. The van der Waals surface area contributed by atoms with Gasteiger partial charge in [-0.05, 0) is 49.1 Å². The number of nitrogens with zero attached hydrogens (tertiary/aromatic N) is 2. The fraction of sp³-hybridized carbons (Fsp3) is 0.400. The Morgan fingerprint density at radius 1 is 1.08 bits per heavy atom. The average Bonchev–Trinajstić information content (AvgIpc) is 2.84. The highest BCUT2D eigenvalue weighted by molar-refractivity contribution is 6.32. The molecule has 1 aliphatic rings. The number of hydrogen-bond acceptors (Lipinski definition) is 5. The summed E-state index contributed by atoms with van der Waals surface area (Å²) in [6, 6.07) is 8.33. The maximum absolute atomic E-state index is 13.4. The van der Waals surface area contributed by atoms with Gasteiger partial charge in [-0.25, -0.2) is 0 Å². The SMILES string of the molecule is CCC(=O)C(C#N)(Oc1cc(Oc2ccc(C(F)(F)F)cc2Cl)ccc1Cl)C(=O)N1CCC(C)CC1. The molecule has 0 saturated carbocycles. The van der Waals surface area contributed by atoms with Crippen molar-refractivity contribution in [3.8, 4) is 23.3 Å². The monoisotopic (exact) mass is 542 g/mol. The molecule has 2 aromatic rings. The van der Waals surface area contributed by atoms with Crippen LogP contribution in [0, 0.1) is 17.2 Å². The van der Waals surface area contributed by atoms with Crippen molar-refractivity contribution in [2.24, 2.45) is 5.92 Å². The molecule has 0 spiro atoms. The van der Waals surface area contributed by atoms with Gasteiger partial charge in [-0.15, -0.1) is 0 Å². The van der Waals surface area contributed by atoms with Gasteiger partial charge in [-0.1, -0.05) is 37.0 Å². The van der Waals surface area contributed by atoms with Crippen molar-refractivity contribution < 1.29 is 32.2 Å². The van der Waals surface area contributed by atoms with E-state index in [4.69, 9.17) is 32.7 Å². The van der Waals surface area contributed by atoms with Gasteiger partial charge in [0.05, 0.1) is 15.6 Å². The van der Waals surface area contributed by atoms with Crippen LogP contribution in [-0.4, -0.2) is 35.3 Å². The number of alkyl halides is 3. The Morgan fingerprint density at radius 3 is 2.31 bits per heavy atom. The standard InChI is InChI=1S/C25H23Cl2F3N2O4/c1-3-22(33)24(14-31,23(34)32-10-8-15(2)9-11-32)36-21-13-17(5-6-18(21)26)35-20-7-4-16(12-19(20)27)25(28,29)30/h4-7,12-13,15H,3,8-11H2,1-2H3. The number of piperidine rings is 1. The first kappa shape index (κ1) is 27.6. The molecule has 3 rings (SSSR count). The van der Waals surface area contributed by atoms with Crippen molar-refractivity contribution in [3.05, 3.63) is 52.0 Å². The molecule has 1 atom stereocenters. The van der Waals surface area contributed by atoms with Gasteiger partial charge in [0.15, 0.2) is 0 Å². The van der Waals surface area contributed by atoms with Crippen molar-refractivity contribution in [2.75, 3.05) is 13.1 Å². The first-order chi connectivity index (χ1) is 16.9. The second-order valence-electron chi connectivity index (χ2n) is 8.48. The largest absolute Gasteiger partial charge is 0.456 e. The molecule has 1 saturated heterocycles. The summed E-state index contributed by atoms with van der Waals surface area (Å²) in [5.41, 5.74) is -3.40. The van der Waals surface area contributed by atoms with Gasteiger partial charge in [-0.2, -0.15) is 18.4 Å². The smallest absolute Gasteiger partial charge is 0.416 e. The topological polar surface area (TPSA) is 79.6 Å². The van der Waals surface area contributed by atoms with Crippen molar-refractivity contribution in [2.45, 2.75) is 44.9 Å². The summed E-state index contributed by atoms with van der Waals surface area (Å²) in [5.74, 6) is -1.30. The normalized spacial score (nSPS) is 16.1. The Morgan fingerprint density at radius 2 is 1.75 bits per heavy atom. The van der Waals surface area contributed by atoms with Crippen LogP contribution in [0.15, 0.2) is 36.4 Å². The maximum atomic E-state index is 13.4. The van der Waals surface area contributed by atoms with Crippen LogP contribution in [0.1, 0.15) is 38.7 Å². The Bertz CT molecular complexity index is 1190. The fourth-order valence-electron chi connectivity index (χ4n) is 3.71. The van der Waals surface area contributed by atoms with E-state index in [1.807, 2.05) is 0 Å². The third-order valence-electron chi connectivity index (χ3n) is 5.90. The van der Waals surface area contributed by atoms with Gasteiger partial charge in [0, 0.05) is 25.6 Å². The molecule has 1 aliphatic heterocycles. The Hall–Kier alpha value is -2.96. The molecule has 11 heteroatoms. The third-order valence-corrected chi connectivity index (χ3v) is 6.50. The number of nitriles is 1. The number of ether oxygens (including phenoxy) is 2. The molecule has 0 radical (unpaired) electrons. The number of amides is 1. The summed E-state index contributed by atoms with van der Waals surface area (Å²) >= 11 is 12.2. The zero-order valence-corrected chi connectivity index (χ0v) is 21.0. The summed E-state index contributed by atoms with van der Waals surface area (Å²) < 4.78 is 50.1. The molecule has 1 unspecified atom stereocenters. The van der Waals surface area contributed by atoms with Crippen molar-refractivity contribution in [1.29, 1.82) is 5.26 Å². The van der Waals surface area contributed by atoms with Crippen molar-refractivity contribution in [1.82, 2.24) is 4.90 Å². The summed E-state index contributed by atoms with van der Waals surface area (Å²) in [6.45, 7) is 4.33. The number of hydrogen-bond donors (Lipinski definition) is 0. The molecule has 1 fully saturated rings. The predicted octanol–water partition coefficient (Wildman–Crippen LogP) is 6.68. The van der Waals surface area contributed by atoms with Crippen LogP contribution in [0.5, 0.6) is 17.2 Å². The molecule has 192 valence electrons. The summed E-state index contributed by atoms with van der Waals surface area (Å²) in [7, 11) is 0. The third kappa shape index (κ3) is 5.88. The quantitative estimate of drug-likeness (QED) is 0.364. The Kier molecular flexibility index (Phi) is 8.42. The minimum absolute atomic E-state index is 0.00976. The van der Waals surface area contributed by atoms with Gasteiger partial charge >= 0.3 is 11.8 Å². The maximum Gasteiger partial charge on any atom is 0.416 e. The lowest BCUT2D eigenvalue weighted by Gasteiger charge is -2.35. The van der Waals surface area contributed by atoms with E-state index in [2.05, 4.69) is 6.92 Å². The predicted molar refractivity (Wildman–Crippen MR) is 127 cm³/mol. The van der Waals surface area contributed by atoms with Crippen LogP contribution in [0.3, 0.4) is 0 Å². The second kappa shape index (κ2) is 11.0. The molecule has 0 N–H and O–H groups in total. The summed E-state index contributed by atoms with van der Waals surface area (Å²) in [4.78, 5) is 27.7. The van der Waals surface area contributed by atoms with Gasteiger partial charge in [-0.3, -0.25) is 9.59 Å². The first-order valence-corrected chi connectivity index (χ1v) is 11.9. The zero-order valence-electron chi connectivity index (χ0n) is 19.5. The van der Waals surface area contributed by atoms with Crippen LogP contribution < -0.4 is 9.47 Å². The number of Topliss-reactive ketones (excluding diaryl/α,β-unsaturated/α-hetero) is 1. The minimum atomic E-state index is -4.57. The molecule has 6 nitrogen and oxygen atoms in total. The fourth-order valence-corrected chi connectivity index (χ4v) is 4.09. The highest BCUT2D eigenvalue weighted by Gasteiger charge is 2.51. The average molecular weight is 543 g/mol. The van der Waals surface area contributed by atoms with Crippen LogP contribution in [0.4, 0.5) is 13.2 Å². The highest BCUT2D eigenvalue weighted by atomic mass is 35.5. The van der Waals surface area contributed by atoms with E-state index in [9.17, 15) is 28.0 Å². The highest BCUT2D eigenvalue weighted by Crippen LogP contribution is 2.39. The molecule has 36 heavy (non-hydrogen) atoms. The van der Waals surface area contributed by atoms with E-state index in [0.29, 0.717) is 19.0 Å². The Balaban J connectivity index is 1.92. The van der Waals surface area contributed by atoms with E-state index < -0.39 is 29.0 Å². The lowest BCUT2D eigenvalue weighted by atomic mass is 9.92. The molecule has 0 aliphatic carbocycles. The Labute approximate surface area is 216 Å². The number of likely N-dealkylation sites (tertiary alicyclic amines) is 1. The van der Waals surface area contributed by atoms with E-state index in [-0.39, 0.29) is 33.7 Å². The van der Waals surface area contributed by atoms with Crippen molar-refractivity contribution >= 4 is 34.9 Å².